The van der Waals surface area contributed by atoms with Crippen molar-refractivity contribution < 1.29 is 24.2 Å². The van der Waals surface area contributed by atoms with E-state index in [1.807, 2.05) is 73.7 Å². The summed E-state index contributed by atoms with van der Waals surface area (Å²) in [5, 5.41) is 15.6. The van der Waals surface area contributed by atoms with Crippen molar-refractivity contribution in [1.82, 2.24) is 9.80 Å². The average molecular weight is 623 g/mol. The molecule has 0 unspecified atom stereocenters. The normalized spacial score (nSPS) is 17.2. The molecule has 3 N–H and O–H groups in total. The predicted octanol–water partition coefficient (Wildman–Crippen LogP) is 6.40. The number of carbonyl (C=O) groups is 2. The summed E-state index contributed by atoms with van der Waals surface area (Å²) >= 11 is 0. The standard InChI is InChI=1S/C37H42N4O5/c1-26-22-41(27(2)25-42)36(43)21-29-20-31(39-37(44)38-30-10-6-4-7-11-30)16-19-34(29)46-35(26)24-40(3)23-28-14-17-33(18-15-28)45-32-12-8-5-9-13-32/h4-20,26-27,35,42H,21-25H2,1-3H3,(H2,38,39,44)/t26-,27-,35-/m1/s1. The van der Waals surface area contributed by atoms with Gasteiger partial charge >= 0.3 is 6.03 Å². The number of urea groups is 1. The molecular weight excluding hydrogens is 580 g/mol. The number of carbonyl (C=O) groups excluding carboxylic acids is 2. The molecule has 0 spiro atoms. The van der Waals surface area contributed by atoms with Crippen LogP contribution in [0.5, 0.6) is 17.2 Å². The summed E-state index contributed by atoms with van der Waals surface area (Å²) in [6.07, 6.45) is -0.161. The van der Waals surface area contributed by atoms with E-state index in [2.05, 4.69) is 41.6 Å². The number of aliphatic hydroxyl groups excluding tert-OH is 1. The quantitative estimate of drug-likeness (QED) is 0.189. The number of benzene rings is 4. The number of likely N-dealkylation sites (N-methyl/N-ethyl adjacent to an activating group) is 1. The zero-order chi connectivity index (χ0) is 32.5. The van der Waals surface area contributed by atoms with Gasteiger partial charge in [0.25, 0.3) is 0 Å². The number of fused-ring (bicyclic) bond motifs is 1. The van der Waals surface area contributed by atoms with E-state index < -0.39 is 0 Å². The molecule has 0 aromatic heterocycles. The number of hydrogen-bond donors (Lipinski definition) is 3. The minimum atomic E-state index is -0.384. The highest BCUT2D eigenvalue weighted by atomic mass is 16.5. The number of ether oxygens (including phenoxy) is 2. The predicted molar refractivity (Wildman–Crippen MR) is 180 cm³/mol. The lowest BCUT2D eigenvalue weighted by molar-refractivity contribution is -0.134. The lowest BCUT2D eigenvalue weighted by Crippen LogP contribution is -2.47. The van der Waals surface area contributed by atoms with Gasteiger partial charge in [0.05, 0.1) is 19.1 Å². The van der Waals surface area contributed by atoms with E-state index in [0.717, 1.165) is 17.1 Å². The van der Waals surface area contributed by atoms with E-state index in [9.17, 15) is 14.7 Å². The molecule has 0 bridgehead atoms. The molecule has 4 aromatic carbocycles. The molecule has 4 aromatic rings. The maximum atomic E-state index is 13.6. The number of aliphatic hydroxyl groups is 1. The Balaban J connectivity index is 1.30. The van der Waals surface area contributed by atoms with E-state index in [0.29, 0.717) is 42.3 Å². The molecular formula is C37H42N4O5. The van der Waals surface area contributed by atoms with Crippen LogP contribution in [0.2, 0.25) is 0 Å². The van der Waals surface area contributed by atoms with Crippen LogP contribution in [0, 0.1) is 5.92 Å². The number of para-hydroxylation sites is 2. The maximum Gasteiger partial charge on any atom is 0.323 e. The Bertz CT molecular complexity index is 1580. The van der Waals surface area contributed by atoms with Crippen molar-refractivity contribution in [3.8, 4) is 17.2 Å². The minimum absolute atomic E-state index is 0.0255. The van der Waals surface area contributed by atoms with E-state index in [-0.39, 0.29) is 43.0 Å². The van der Waals surface area contributed by atoms with E-state index in [4.69, 9.17) is 9.47 Å². The largest absolute Gasteiger partial charge is 0.488 e. The van der Waals surface area contributed by atoms with Crippen LogP contribution < -0.4 is 20.1 Å². The zero-order valence-electron chi connectivity index (χ0n) is 26.6. The second-order valence-electron chi connectivity index (χ2n) is 11.9. The molecule has 0 saturated carbocycles. The van der Waals surface area contributed by atoms with Crippen molar-refractivity contribution >= 4 is 23.3 Å². The van der Waals surface area contributed by atoms with Crippen LogP contribution in [-0.4, -0.2) is 65.7 Å². The molecule has 0 radical (unpaired) electrons. The molecule has 1 aliphatic heterocycles. The Hall–Kier alpha value is -4.86. The molecule has 0 fully saturated rings. The number of hydrogen-bond acceptors (Lipinski definition) is 6. The van der Waals surface area contributed by atoms with Crippen LogP contribution in [0.15, 0.2) is 103 Å². The number of nitrogens with zero attached hydrogens (tertiary/aromatic N) is 2. The number of anilines is 2. The molecule has 0 saturated heterocycles. The molecule has 3 atom stereocenters. The summed E-state index contributed by atoms with van der Waals surface area (Å²) in [6, 6.07) is 31.6. The maximum absolute atomic E-state index is 13.6. The first kappa shape index (κ1) is 32.5. The number of rotatable bonds is 10. The van der Waals surface area contributed by atoms with Crippen molar-refractivity contribution in [3.05, 3.63) is 114 Å². The Morgan fingerprint density at radius 3 is 2.30 bits per heavy atom. The fourth-order valence-electron chi connectivity index (χ4n) is 5.51. The van der Waals surface area contributed by atoms with Gasteiger partial charge in [0, 0.05) is 42.5 Å². The Labute approximate surface area is 270 Å². The smallest absolute Gasteiger partial charge is 0.323 e. The van der Waals surface area contributed by atoms with Gasteiger partial charge < -0.3 is 30.1 Å². The fraction of sp³-hybridized carbons (Fsp3) is 0.297. The van der Waals surface area contributed by atoms with Crippen LogP contribution in [0.1, 0.15) is 25.0 Å². The summed E-state index contributed by atoms with van der Waals surface area (Å²) in [5.74, 6) is 2.05. The molecule has 3 amide bonds. The minimum Gasteiger partial charge on any atom is -0.488 e. The van der Waals surface area contributed by atoms with Crippen molar-refractivity contribution in [3.63, 3.8) is 0 Å². The second kappa shape index (κ2) is 15.4. The fourth-order valence-corrected chi connectivity index (χ4v) is 5.51. The van der Waals surface area contributed by atoms with Gasteiger partial charge in [-0.3, -0.25) is 9.69 Å². The summed E-state index contributed by atoms with van der Waals surface area (Å²) in [6.45, 7) is 5.54. The molecule has 240 valence electrons. The van der Waals surface area contributed by atoms with Crippen molar-refractivity contribution in [2.24, 2.45) is 5.92 Å². The third-order valence-electron chi connectivity index (χ3n) is 8.05. The topological polar surface area (TPSA) is 103 Å². The van der Waals surface area contributed by atoms with Gasteiger partial charge in [-0.05, 0) is 74.1 Å². The lowest BCUT2D eigenvalue weighted by Gasteiger charge is -2.34. The lowest BCUT2D eigenvalue weighted by atomic mass is 10.0. The Morgan fingerprint density at radius 1 is 0.957 bits per heavy atom. The summed E-state index contributed by atoms with van der Waals surface area (Å²) in [4.78, 5) is 30.2. The first-order chi connectivity index (χ1) is 22.3. The first-order valence-electron chi connectivity index (χ1n) is 15.6. The average Bonchev–Trinajstić information content (AvgIpc) is 3.09. The monoisotopic (exact) mass is 622 g/mol. The highest BCUT2D eigenvalue weighted by molar-refractivity contribution is 5.99. The van der Waals surface area contributed by atoms with Gasteiger partial charge in [-0.15, -0.1) is 0 Å². The summed E-state index contributed by atoms with van der Waals surface area (Å²) in [5.41, 5.74) is 3.03. The van der Waals surface area contributed by atoms with Gasteiger partial charge in [0.15, 0.2) is 0 Å². The third kappa shape index (κ3) is 8.87. The molecule has 0 aliphatic carbocycles. The van der Waals surface area contributed by atoms with Crippen molar-refractivity contribution in [2.45, 2.75) is 39.0 Å². The van der Waals surface area contributed by atoms with Gasteiger partial charge in [0.2, 0.25) is 5.91 Å². The molecule has 9 heteroatoms. The van der Waals surface area contributed by atoms with Gasteiger partial charge in [-0.2, -0.15) is 0 Å². The summed E-state index contributed by atoms with van der Waals surface area (Å²) < 4.78 is 12.6. The molecule has 1 heterocycles. The van der Waals surface area contributed by atoms with E-state index in [1.54, 1.807) is 29.2 Å². The molecule has 1 aliphatic rings. The van der Waals surface area contributed by atoms with Crippen molar-refractivity contribution in [2.75, 3.05) is 37.4 Å². The van der Waals surface area contributed by atoms with E-state index in [1.165, 1.54) is 0 Å². The van der Waals surface area contributed by atoms with Crippen LogP contribution in [0.4, 0.5) is 16.2 Å². The molecule has 46 heavy (non-hydrogen) atoms. The molecule has 5 rings (SSSR count). The van der Waals surface area contributed by atoms with Gasteiger partial charge in [-0.1, -0.05) is 55.5 Å². The molecule has 9 nitrogen and oxygen atoms in total. The van der Waals surface area contributed by atoms with Crippen molar-refractivity contribution in [1.29, 1.82) is 0 Å². The highest BCUT2D eigenvalue weighted by Gasteiger charge is 2.31. The van der Waals surface area contributed by atoms with Crippen LogP contribution >= 0.6 is 0 Å². The first-order valence-corrected chi connectivity index (χ1v) is 15.6. The zero-order valence-corrected chi connectivity index (χ0v) is 26.6. The van der Waals surface area contributed by atoms with Crippen LogP contribution in [0.25, 0.3) is 0 Å². The van der Waals surface area contributed by atoms with Crippen LogP contribution in [-0.2, 0) is 17.8 Å². The number of nitrogens with one attached hydrogen (secondary N) is 2. The second-order valence-corrected chi connectivity index (χ2v) is 11.9. The number of amides is 3. The Morgan fingerprint density at radius 2 is 1.61 bits per heavy atom. The SMILES string of the molecule is C[C@@H]1CN([C@H](C)CO)C(=O)Cc2cc(NC(=O)Nc3ccccc3)ccc2O[C@@H]1CN(C)Cc1ccc(Oc2ccccc2)cc1. The van der Waals surface area contributed by atoms with Gasteiger partial charge in [0.1, 0.15) is 23.4 Å². The van der Waals surface area contributed by atoms with Gasteiger partial charge in [-0.25, -0.2) is 4.79 Å². The van der Waals surface area contributed by atoms with E-state index >= 15 is 0 Å². The highest BCUT2D eigenvalue weighted by Crippen LogP contribution is 2.30. The summed E-state index contributed by atoms with van der Waals surface area (Å²) in [7, 11) is 2.05. The van der Waals surface area contributed by atoms with Crippen LogP contribution in [0.3, 0.4) is 0 Å². The third-order valence-corrected chi connectivity index (χ3v) is 8.05. The Kier molecular flexibility index (Phi) is 10.9.